The fourth-order valence-electron chi connectivity index (χ4n) is 4.13. The first-order chi connectivity index (χ1) is 13.7. The van der Waals surface area contributed by atoms with Gasteiger partial charge in [-0.2, -0.15) is 5.26 Å². The molecular formula is C23H21ClN2O2. The number of hydrogen-bond donors (Lipinski definition) is 0. The summed E-state index contributed by atoms with van der Waals surface area (Å²) < 4.78 is 5.59. The molecule has 2 bridgehead atoms. The minimum atomic E-state index is -0.248. The summed E-state index contributed by atoms with van der Waals surface area (Å²) in [5, 5.41) is 9.71. The first kappa shape index (κ1) is 18.6. The van der Waals surface area contributed by atoms with Crippen molar-refractivity contribution in [3.8, 4) is 6.07 Å². The Morgan fingerprint density at radius 1 is 1.21 bits per heavy atom. The minimum Gasteiger partial charge on any atom is -0.445 e. The van der Waals surface area contributed by atoms with E-state index in [-0.39, 0.29) is 24.8 Å². The van der Waals surface area contributed by atoms with Gasteiger partial charge in [0.15, 0.2) is 0 Å². The Morgan fingerprint density at radius 3 is 2.79 bits per heavy atom. The summed E-state index contributed by atoms with van der Waals surface area (Å²) >= 11 is 6.07. The van der Waals surface area contributed by atoms with Crippen LogP contribution in [0.15, 0.2) is 54.6 Å². The molecule has 2 aromatic carbocycles. The van der Waals surface area contributed by atoms with E-state index in [1.807, 2.05) is 47.4 Å². The summed E-state index contributed by atoms with van der Waals surface area (Å²) in [6.07, 6.45) is 5.67. The molecule has 2 aliphatic heterocycles. The molecule has 4 nitrogen and oxygen atoms in total. The molecule has 2 heterocycles. The highest BCUT2D eigenvalue weighted by molar-refractivity contribution is 6.31. The second kappa shape index (κ2) is 8.08. The minimum absolute atomic E-state index is 0.0342. The third-order valence-electron chi connectivity index (χ3n) is 5.51. The molecule has 142 valence electrons. The molecular weight excluding hydrogens is 372 g/mol. The van der Waals surface area contributed by atoms with E-state index in [1.165, 1.54) is 5.57 Å². The molecule has 2 atom stereocenters. The van der Waals surface area contributed by atoms with Crippen molar-refractivity contribution in [1.82, 2.24) is 4.90 Å². The quantitative estimate of drug-likeness (QED) is 0.687. The number of amides is 1. The third-order valence-corrected chi connectivity index (χ3v) is 5.84. The summed E-state index contributed by atoms with van der Waals surface area (Å²) in [7, 11) is 0. The number of nitrogens with zero attached hydrogens (tertiary/aromatic N) is 2. The van der Waals surface area contributed by atoms with Crippen molar-refractivity contribution in [3.05, 3.63) is 76.3 Å². The number of nitriles is 1. The highest BCUT2D eigenvalue weighted by Gasteiger charge is 2.38. The lowest BCUT2D eigenvalue weighted by molar-refractivity contribution is 0.0510. The van der Waals surface area contributed by atoms with Crippen LogP contribution >= 0.6 is 11.6 Å². The van der Waals surface area contributed by atoms with Gasteiger partial charge >= 0.3 is 6.09 Å². The topological polar surface area (TPSA) is 53.3 Å². The van der Waals surface area contributed by atoms with E-state index in [1.54, 1.807) is 6.07 Å². The van der Waals surface area contributed by atoms with Gasteiger partial charge < -0.3 is 4.74 Å². The number of halogens is 1. The Morgan fingerprint density at radius 2 is 2.04 bits per heavy atom. The fourth-order valence-corrected chi connectivity index (χ4v) is 4.29. The maximum atomic E-state index is 12.8. The third kappa shape index (κ3) is 3.76. The van der Waals surface area contributed by atoms with Gasteiger partial charge in [0.25, 0.3) is 0 Å². The molecule has 0 N–H and O–H groups in total. The maximum absolute atomic E-state index is 12.8. The van der Waals surface area contributed by atoms with Gasteiger partial charge in [-0.15, -0.1) is 0 Å². The molecule has 0 radical (unpaired) electrons. The van der Waals surface area contributed by atoms with Crippen LogP contribution < -0.4 is 0 Å². The number of hydrogen-bond acceptors (Lipinski definition) is 3. The average Bonchev–Trinajstić information content (AvgIpc) is 2.72. The maximum Gasteiger partial charge on any atom is 0.410 e. The molecule has 1 saturated heterocycles. The van der Waals surface area contributed by atoms with Crippen LogP contribution in [-0.2, 0) is 11.3 Å². The standard InChI is InChI=1S/C23H21ClN2O2/c24-22-10-9-17(11-19(22)14-25)18-12-20-7-4-8-21(13-18)26(20)23(27)28-15-16-5-2-1-3-6-16/h1-3,5-6,9-12,20-21H,4,7-8,13,15H2. The van der Waals surface area contributed by atoms with Crippen molar-refractivity contribution in [2.45, 2.75) is 44.4 Å². The number of rotatable bonds is 3. The molecule has 1 amide bonds. The van der Waals surface area contributed by atoms with Crippen LogP contribution in [0.4, 0.5) is 4.79 Å². The summed E-state index contributed by atoms with van der Waals surface area (Å²) in [4.78, 5) is 14.7. The van der Waals surface area contributed by atoms with Gasteiger partial charge in [0.2, 0.25) is 0 Å². The zero-order valence-electron chi connectivity index (χ0n) is 15.5. The lowest BCUT2D eigenvalue weighted by Gasteiger charge is -2.44. The van der Waals surface area contributed by atoms with Crippen LogP contribution in [0.3, 0.4) is 0 Å². The Balaban J connectivity index is 1.52. The van der Waals surface area contributed by atoms with Crippen LogP contribution in [0.2, 0.25) is 5.02 Å². The smallest absolute Gasteiger partial charge is 0.410 e. The largest absolute Gasteiger partial charge is 0.445 e. The van der Waals surface area contributed by atoms with Crippen LogP contribution in [0.25, 0.3) is 5.57 Å². The number of carbonyl (C=O) groups is 1. The molecule has 0 saturated carbocycles. The summed E-state index contributed by atoms with van der Waals surface area (Å²) in [6, 6.07) is 17.6. The van der Waals surface area contributed by atoms with Crippen LogP contribution in [-0.4, -0.2) is 23.1 Å². The van der Waals surface area contributed by atoms with Crippen molar-refractivity contribution in [2.75, 3.05) is 0 Å². The first-order valence-corrected chi connectivity index (χ1v) is 9.93. The highest BCUT2D eigenvalue weighted by Crippen LogP contribution is 2.38. The van der Waals surface area contributed by atoms with Crippen LogP contribution in [0, 0.1) is 11.3 Å². The molecule has 0 aromatic heterocycles. The fraction of sp³-hybridized carbons (Fsp3) is 0.304. The zero-order valence-corrected chi connectivity index (χ0v) is 16.2. The van der Waals surface area contributed by atoms with E-state index < -0.39 is 0 Å². The molecule has 1 fully saturated rings. The van der Waals surface area contributed by atoms with Gasteiger partial charge in [-0.05, 0) is 54.5 Å². The molecule has 0 aliphatic carbocycles. The van der Waals surface area contributed by atoms with Gasteiger partial charge in [0.05, 0.1) is 16.6 Å². The normalized spacial score (nSPS) is 20.9. The van der Waals surface area contributed by atoms with Crippen LogP contribution in [0.5, 0.6) is 0 Å². The monoisotopic (exact) mass is 392 g/mol. The summed E-state index contributed by atoms with van der Waals surface area (Å²) in [5.74, 6) is 0. The van der Waals surface area contributed by atoms with E-state index >= 15 is 0 Å². The van der Waals surface area contributed by atoms with Gasteiger partial charge in [0, 0.05) is 6.04 Å². The van der Waals surface area contributed by atoms with E-state index in [0.717, 1.165) is 36.8 Å². The van der Waals surface area contributed by atoms with Gasteiger partial charge in [0.1, 0.15) is 12.7 Å². The Kier molecular flexibility index (Phi) is 5.36. The molecule has 2 unspecified atom stereocenters. The van der Waals surface area contributed by atoms with Crippen molar-refractivity contribution < 1.29 is 9.53 Å². The van der Waals surface area contributed by atoms with Crippen molar-refractivity contribution in [3.63, 3.8) is 0 Å². The Hall–Kier alpha value is -2.77. The number of fused-ring (bicyclic) bond motifs is 2. The second-order valence-electron chi connectivity index (χ2n) is 7.30. The Labute approximate surface area is 170 Å². The first-order valence-electron chi connectivity index (χ1n) is 9.55. The van der Waals surface area contributed by atoms with Crippen LogP contribution in [0.1, 0.15) is 42.4 Å². The van der Waals surface area contributed by atoms with E-state index in [2.05, 4.69) is 12.1 Å². The molecule has 2 aromatic rings. The highest BCUT2D eigenvalue weighted by atomic mass is 35.5. The van der Waals surface area contributed by atoms with Gasteiger partial charge in [-0.3, -0.25) is 4.90 Å². The average molecular weight is 393 g/mol. The lowest BCUT2D eigenvalue weighted by Crippen LogP contribution is -2.51. The summed E-state index contributed by atoms with van der Waals surface area (Å²) in [6.45, 7) is 0.287. The van der Waals surface area contributed by atoms with Crippen molar-refractivity contribution in [1.29, 1.82) is 5.26 Å². The number of piperidine rings is 1. The lowest BCUT2D eigenvalue weighted by atomic mass is 9.83. The number of ether oxygens (including phenoxy) is 1. The van der Waals surface area contributed by atoms with E-state index in [4.69, 9.17) is 16.3 Å². The molecule has 4 rings (SSSR count). The van der Waals surface area contributed by atoms with Gasteiger partial charge in [-0.1, -0.05) is 54.1 Å². The molecule has 28 heavy (non-hydrogen) atoms. The van der Waals surface area contributed by atoms with E-state index in [9.17, 15) is 10.1 Å². The predicted molar refractivity (Wildman–Crippen MR) is 109 cm³/mol. The number of carbonyl (C=O) groups excluding carboxylic acids is 1. The second-order valence-corrected chi connectivity index (χ2v) is 7.71. The number of benzene rings is 2. The molecule has 0 spiro atoms. The molecule has 5 heteroatoms. The zero-order chi connectivity index (χ0) is 19.5. The Bertz CT molecular complexity index is 949. The van der Waals surface area contributed by atoms with Crippen molar-refractivity contribution in [2.24, 2.45) is 0 Å². The summed E-state index contributed by atoms with van der Waals surface area (Å²) in [5.41, 5.74) is 3.65. The van der Waals surface area contributed by atoms with Crippen molar-refractivity contribution >= 4 is 23.3 Å². The molecule has 2 aliphatic rings. The van der Waals surface area contributed by atoms with E-state index in [0.29, 0.717) is 10.6 Å². The van der Waals surface area contributed by atoms with Gasteiger partial charge in [-0.25, -0.2) is 4.79 Å². The predicted octanol–water partition coefficient (Wildman–Crippen LogP) is 5.56. The SMILES string of the molecule is N#Cc1cc(C2=CC3CCCC(C2)N3C(=O)OCc2ccccc2)ccc1Cl.